The zero-order chi connectivity index (χ0) is 26.4. The Hall–Kier alpha value is -4.15. The molecule has 2 aromatic carbocycles. The Kier molecular flexibility index (Phi) is 6.13. The number of pyridine rings is 1. The smallest absolute Gasteiger partial charge is 0.163 e. The van der Waals surface area contributed by atoms with E-state index in [1.807, 2.05) is 29.1 Å². The van der Waals surface area contributed by atoms with Gasteiger partial charge in [-0.2, -0.15) is 10.4 Å². The van der Waals surface area contributed by atoms with E-state index in [1.54, 1.807) is 0 Å². The normalized spacial score (nSPS) is 17.8. The minimum Gasteiger partial charge on any atom is -0.393 e. The van der Waals surface area contributed by atoms with Gasteiger partial charge in [0.15, 0.2) is 5.65 Å². The first-order chi connectivity index (χ1) is 18.4. The molecule has 0 atom stereocenters. The van der Waals surface area contributed by atoms with E-state index in [9.17, 15) is 10.4 Å². The van der Waals surface area contributed by atoms with Crippen molar-refractivity contribution >= 4 is 27.6 Å². The molecule has 6 rings (SSSR count). The highest BCUT2D eigenvalue weighted by atomic mass is 16.3. The van der Waals surface area contributed by atoms with E-state index in [4.69, 9.17) is 10.1 Å². The topological polar surface area (TPSA) is 91.7 Å². The van der Waals surface area contributed by atoms with E-state index in [-0.39, 0.29) is 18.1 Å². The number of rotatable bonds is 5. The lowest BCUT2D eigenvalue weighted by molar-refractivity contribution is 0.126. The minimum absolute atomic E-state index is 0.201. The lowest BCUT2D eigenvalue weighted by Crippen LogP contribution is -2.28. The molecule has 7 heteroatoms. The number of nitrogens with one attached hydrogen (secondary N) is 1. The number of aliphatic hydroxyl groups is 1. The molecular weight excluding hydrogens is 472 g/mol. The molecule has 1 aliphatic carbocycles. The molecule has 192 valence electrons. The number of aromatic nitrogens is 4. The molecule has 0 saturated heterocycles. The van der Waals surface area contributed by atoms with Crippen molar-refractivity contribution in [2.75, 3.05) is 5.32 Å². The predicted molar refractivity (Wildman–Crippen MR) is 151 cm³/mol. The molecule has 1 fully saturated rings. The van der Waals surface area contributed by atoms with Gasteiger partial charge in [-0.15, -0.1) is 0 Å². The van der Waals surface area contributed by atoms with Crippen molar-refractivity contribution in [3.63, 3.8) is 0 Å². The fourth-order valence-electron chi connectivity index (χ4n) is 5.66. The molecule has 7 nitrogen and oxygen atoms in total. The Bertz CT molecular complexity index is 1680. The second kappa shape index (κ2) is 9.62. The van der Waals surface area contributed by atoms with E-state index < -0.39 is 0 Å². The standard InChI is InChI=1S/C31H32N6O/c1-19(2)30-29-26(20-5-11-28-21(16-20)13-15-36(28)3)12-14-33-31(29)37(35-30)24-8-4-22(18-32)27(17-24)34-23-6-9-25(38)10-7-23/h4-5,8,11-17,19,23,25,34,38H,6-7,9-10H2,1-3H3. The van der Waals surface area contributed by atoms with Crippen molar-refractivity contribution < 1.29 is 5.11 Å². The number of anilines is 1. The molecule has 3 aromatic heterocycles. The van der Waals surface area contributed by atoms with Gasteiger partial charge in [0.1, 0.15) is 6.07 Å². The number of nitrogens with zero attached hydrogens (tertiary/aromatic N) is 5. The van der Waals surface area contributed by atoms with Crippen LogP contribution in [0.5, 0.6) is 0 Å². The number of aliphatic hydroxyl groups excluding tert-OH is 1. The zero-order valence-corrected chi connectivity index (χ0v) is 22.0. The highest BCUT2D eigenvalue weighted by Gasteiger charge is 2.22. The summed E-state index contributed by atoms with van der Waals surface area (Å²) in [6.07, 6.45) is 7.04. The van der Waals surface area contributed by atoms with Crippen LogP contribution < -0.4 is 5.32 Å². The molecule has 1 saturated carbocycles. The van der Waals surface area contributed by atoms with Crippen molar-refractivity contribution in [2.45, 2.75) is 57.6 Å². The van der Waals surface area contributed by atoms with Gasteiger partial charge >= 0.3 is 0 Å². The SMILES string of the molecule is CC(C)c1nn(-c2ccc(C#N)c(NC3CCC(O)CC3)c2)c2nccc(-c3ccc4c(ccn4C)c3)c12. The monoisotopic (exact) mass is 504 g/mol. The number of fused-ring (bicyclic) bond motifs is 2. The van der Waals surface area contributed by atoms with Crippen LogP contribution in [0.15, 0.2) is 60.9 Å². The Labute approximate surface area is 222 Å². The molecule has 5 aromatic rings. The van der Waals surface area contributed by atoms with Gasteiger partial charge in [-0.3, -0.25) is 0 Å². The van der Waals surface area contributed by atoms with Crippen molar-refractivity contribution in [3.05, 3.63) is 72.2 Å². The second-order valence-electron chi connectivity index (χ2n) is 10.7. The van der Waals surface area contributed by atoms with E-state index in [1.165, 1.54) is 10.9 Å². The third-order valence-electron chi connectivity index (χ3n) is 7.76. The summed E-state index contributed by atoms with van der Waals surface area (Å²) in [5, 5.41) is 30.6. The fourth-order valence-corrected chi connectivity index (χ4v) is 5.66. The molecule has 0 amide bonds. The van der Waals surface area contributed by atoms with Crippen LogP contribution >= 0.6 is 0 Å². The number of nitriles is 1. The zero-order valence-electron chi connectivity index (χ0n) is 22.0. The van der Waals surface area contributed by atoms with Crippen LogP contribution in [0.4, 0.5) is 5.69 Å². The van der Waals surface area contributed by atoms with Gasteiger partial charge in [0.25, 0.3) is 0 Å². The van der Waals surface area contributed by atoms with Crippen LogP contribution in [0, 0.1) is 11.3 Å². The van der Waals surface area contributed by atoms with Crippen molar-refractivity contribution in [1.82, 2.24) is 19.3 Å². The van der Waals surface area contributed by atoms with Crippen LogP contribution in [0.25, 0.3) is 38.8 Å². The van der Waals surface area contributed by atoms with Gasteiger partial charge in [-0.25, -0.2) is 9.67 Å². The maximum Gasteiger partial charge on any atom is 0.163 e. The quantitative estimate of drug-likeness (QED) is 0.293. The molecule has 0 spiro atoms. The summed E-state index contributed by atoms with van der Waals surface area (Å²) in [6, 6.07) is 19.1. The third-order valence-corrected chi connectivity index (χ3v) is 7.76. The highest BCUT2D eigenvalue weighted by molar-refractivity contribution is 5.98. The van der Waals surface area contributed by atoms with Crippen LogP contribution in [0.1, 0.15) is 56.7 Å². The lowest BCUT2D eigenvalue weighted by Gasteiger charge is -2.27. The second-order valence-corrected chi connectivity index (χ2v) is 10.7. The lowest BCUT2D eigenvalue weighted by atomic mass is 9.93. The number of benzene rings is 2. The summed E-state index contributed by atoms with van der Waals surface area (Å²) in [5.41, 5.74) is 7.51. The van der Waals surface area contributed by atoms with Gasteiger partial charge in [0, 0.05) is 36.4 Å². The first kappa shape index (κ1) is 24.2. The van der Waals surface area contributed by atoms with Crippen LogP contribution in [0.2, 0.25) is 0 Å². The Balaban J connectivity index is 1.47. The summed E-state index contributed by atoms with van der Waals surface area (Å²) in [5.74, 6) is 0.201. The minimum atomic E-state index is -0.220. The summed E-state index contributed by atoms with van der Waals surface area (Å²) >= 11 is 0. The molecule has 3 heterocycles. The molecule has 2 N–H and O–H groups in total. The first-order valence-corrected chi connectivity index (χ1v) is 13.3. The van der Waals surface area contributed by atoms with E-state index in [0.29, 0.717) is 5.56 Å². The fraction of sp³-hybridized carbons (Fsp3) is 0.323. The van der Waals surface area contributed by atoms with Crippen molar-refractivity contribution in [1.29, 1.82) is 5.26 Å². The van der Waals surface area contributed by atoms with Gasteiger partial charge in [-0.05, 0) is 85.2 Å². The predicted octanol–water partition coefficient (Wildman–Crippen LogP) is 6.29. The molecule has 0 aliphatic heterocycles. The van der Waals surface area contributed by atoms with E-state index in [2.05, 4.69) is 73.4 Å². The highest BCUT2D eigenvalue weighted by Crippen LogP contribution is 2.36. The van der Waals surface area contributed by atoms with E-state index >= 15 is 0 Å². The maximum atomic E-state index is 9.89. The Morgan fingerprint density at radius 3 is 2.63 bits per heavy atom. The van der Waals surface area contributed by atoms with Gasteiger partial charge in [0.2, 0.25) is 0 Å². The number of hydrogen-bond donors (Lipinski definition) is 2. The van der Waals surface area contributed by atoms with Crippen molar-refractivity contribution in [2.24, 2.45) is 7.05 Å². The Morgan fingerprint density at radius 1 is 1.05 bits per heavy atom. The maximum absolute atomic E-state index is 9.89. The molecular formula is C31H32N6O. The van der Waals surface area contributed by atoms with Gasteiger partial charge in [-0.1, -0.05) is 19.9 Å². The number of hydrogen-bond acceptors (Lipinski definition) is 5. The Morgan fingerprint density at radius 2 is 1.87 bits per heavy atom. The van der Waals surface area contributed by atoms with Crippen LogP contribution in [0.3, 0.4) is 0 Å². The summed E-state index contributed by atoms with van der Waals surface area (Å²) in [7, 11) is 2.06. The van der Waals surface area contributed by atoms with Crippen molar-refractivity contribution in [3.8, 4) is 22.9 Å². The third kappa shape index (κ3) is 4.21. The number of aryl methyl sites for hydroxylation is 1. The average molecular weight is 505 g/mol. The van der Waals surface area contributed by atoms with Crippen LogP contribution in [-0.4, -0.2) is 36.6 Å². The summed E-state index contributed by atoms with van der Waals surface area (Å²) in [6.45, 7) is 4.32. The molecule has 0 radical (unpaired) electrons. The van der Waals surface area contributed by atoms with E-state index in [0.717, 1.165) is 64.9 Å². The van der Waals surface area contributed by atoms with Crippen LogP contribution in [-0.2, 0) is 7.05 Å². The van der Waals surface area contributed by atoms with Gasteiger partial charge in [0.05, 0.1) is 34.1 Å². The molecule has 38 heavy (non-hydrogen) atoms. The average Bonchev–Trinajstić information content (AvgIpc) is 3.50. The van der Waals surface area contributed by atoms with Gasteiger partial charge < -0.3 is 15.0 Å². The molecule has 0 bridgehead atoms. The molecule has 0 unspecified atom stereocenters. The summed E-state index contributed by atoms with van der Waals surface area (Å²) in [4.78, 5) is 4.79. The molecule has 1 aliphatic rings. The largest absolute Gasteiger partial charge is 0.393 e. The first-order valence-electron chi connectivity index (χ1n) is 13.3. The summed E-state index contributed by atoms with van der Waals surface area (Å²) < 4.78 is 4.04.